The molecular weight excluding hydrogens is 155 g/mol. The molecule has 0 aromatic rings. The first-order valence-corrected chi connectivity index (χ1v) is 5.18. The molecule has 4 heteroatoms. The van der Waals surface area contributed by atoms with E-state index in [-0.39, 0.29) is 12.2 Å². The normalized spacial score (nSPS) is 40.9. The summed E-state index contributed by atoms with van der Waals surface area (Å²) in [7, 11) is -0.987. The van der Waals surface area contributed by atoms with Gasteiger partial charge in [-0.3, -0.25) is 0 Å². The molecule has 1 fully saturated rings. The van der Waals surface area contributed by atoms with Gasteiger partial charge in [0.25, 0.3) is 0 Å². The van der Waals surface area contributed by atoms with Gasteiger partial charge < -0.3 is 0 Å². The Morgan fingerprint density at radius 3 is 2.11 bits per heavy atom. The molecule has 0 aromatic heterocycles. The van der Waals surface area contributed by atoms with E-state index in [9.17, 15) is 0 Å². The Bertz CT molecular complexity index is 116. The highest BCUT2D eigenvalue weighted by Crippen LogP contribution is 2.35. The fraction of sp³-hybridized carbons (Fsp3) is 1.00. The average Bonchev–Trinajstić information content (AvgIpc) is 1.59. The quantitative estimate of drug-likeness (QED) is 0.511. The topological polar surface area (TPSA) is 18.5 Å². The summed E-state index contributed by atoms with van der Waals surface area (Å²) in [6.07, 6.45) is 1.55. The highest BCUT2D eigenvalue weighted by Gasteiger charge is 2.30. The fourth-order valence-electron chi connectivity index (χ4n) is 0.872. The zero-order valence-corrected chi connectivity index (χ0v) is 7.24. The van der Waals surface area contributed by atoms with Crippen LogP contribution in [0.1, 0.15) is 20.3 Å². The third kappa shape index (κ3) is 2.26. The smallest absolute Gasteiger partial charge is 0.139 e. The number of rotatable bonds is 0. The highest BCUT2D eigenvalue weighted by molar-refractivity contribution is 8.00. The van der Waals surface area contributed by atoms with Crippen LogP contribution in [0.5, 0.6) is 0 Å². The molecule has 0 amide bonds. The van der Waals surface area contributed by atoms with Crippen LogP contribution in [0.25, 0.3) is 0 Å². The van der Waals surface area contributed by atoms with Crippen molar-refractivity contribution in [3.8, 4) is 0 Å². The van der Waals surface area contributed by atoms with Gasteiger partial charge in [-0.1, -0.05) is 0 Å². The van der Waals surface area contributed by atoms with Crippen molar-refractivity contribution in [3.63, 3.8) is 0 Å². The van der Waals surface area contributed by atoms with Crippen molar-refractivity contribution in [2.45, 2.75) is 32.5 Å². The fourth-order valence-corrected chi connectivity index (χ4v) is 2.56. The highest BCUT2D eigenvalue weighted by atomic mass is 32.4. The summed E-state index contributed by atoms with van der Waals surface area (Å²) < 4.78 is 10.4. The molecule has 0 bridgehead atoms. The first-order valence-electron chi connectivity index (χ1n) is 2.99. The van der Waals surface area contributed by atoms with Gasteiger partial charge in [0.2, 0.25) is 11.8 Å². The summed E-state index contributed by atoms with van der Waals surface area (Å²) in [6, 6.07) is 0. The maximum Gasteiger partial charge on any atom is 0.522 e. The predicted molar refractivity (Wildman–Crippen MR) is 40.0 cm³/mol. The van der Waals surface area contributed by atoms with Crippen LogP contribution < -0.4 is 0 Å². The van der Waals surface area contributed by atoms with Gasteiger partial charge in [-0.25, -0.2) is 0 Å². The van der Waals surface area contributed by atoms with Gasteiger partial charge in [-0.15, -0.1) is 9.05 Å². The maximum absolute atomic E-state index is 5.21. The summed E-state index contributed by atoms with van der Waals surface area (Å²) in [4.78, 5) is 0. The van der Waals surface area contributed by atoms with Gasteiger partial charge in [0.15, 0.2) is 0 Å². The zero-order valence-electron chi connectivity index (χ0n) is 5.53. The molecule has 0 aliphatic carbocycles. The van der Waals surface area contributed by atoms with E-state index in [1.165, 1.54) is 0 Å². The molecule has 52 valence electrons. The second-order valence-corrected chi connectivity index (χ2v) is 4.05. The summed E-state index contributed by atoms with van der Waals surface area (Å²) in [5.74, 6) is 0. The van der Waals surface area contributed by atoms with E-state index >= 15 is 0 Å². The van der Waals surface area contributed by atoms with Crippen LogP contribution in [-0.4, -0.2) is 12.2 Å². The van der Waals surface area contributed by atoms with Crippen molar-refractivity contribution < 1.29 is 9.05 Å². The summed E-state index contributed by atoms with van der Waals surface area (Å²) in [5.41, 5.74) is 0. The minimum atomic E-state index is -0.987. The molecule has 0 spiro atoms. The molecule has 1 aliphatic heterocycles. The molecular formula is C5H10O2PS+. The van der Waals surface area contributed by atoms with E-state index in [2.05, 4.69) is 0 Å². The van der Waals surface area contributed by atoms with Crippen molar-refractivity contribution in [2.24, 2.45) is 0 Å². The van der Waals surface area contributed by atoms with Crippen LogP contribution in [0.4, 0.5) is 0 Å². The molecule has 2 unspecified atom stereocenters. The largest absolute Gasteiger partial charge is 0.522 e. The van der Waals surface area contributed by atoms with Gasteiger partial charge in [-0.2, -0.15) is 0 Å². The summed E-state index contributed by atoms with van der Waals surface area (Å²) >= 11 is 4.86. The third-order valence-corrected chi connectivity index (χ3v) is 2.78. The van der Waals surface area contributed by atoms with Crippen LogP contribution in [0.3, 0.4) is 0 Å². The second-order valence-electron chi connectivity index (χ2n) is 2.29. The van der Waals surface area contributed by atoms with Gasteiger partial charge in [0.1, 0.15) is 12.2 Å². The second kappa shape index (κ2) is 3.02. The van der Waals surface area contributed by atoms with Crippen molar-refractivity contribution in [1.82, 2.24) is 0 Å². The van der Waals surface area contributed by atoms with E-state index in [0.717, 1.165) is 6.42 Å². The summed E-state index contributed by atoms with van der Waals surface area (Å²) in [6.45, 7) is 4.06. The van der Waals surface area contributed by atoms with Crippen LogP contribution >= 0.6 is 7.15 Å². The molecule has 0 N–H and O–H groups in total. The molecule has 2 nitrogen and oxygen atoms in total. The Morgan fingerprint density at radius 1 is 1.33 bits per heavy atom. The van der Waals surface area contributed by atoms with E-state index in [0.29, 0.717) is 0 Å². The average molecular weight is 165 g/mol. The van der Waals surface area contributed by atoms with Gasteiger partial charge in [-0.05, 0) is 13.8 Å². The van der Waals surface area contributed by atoms with E-state index in [1.807, 2.05) is 13.8 Å². The Hall–Kier alpha value is 0.440. The SMILES string of the molecule is CC1CC(C)O[P+](=S)O1. The molecule has 0 radical (unpaired) electrons. The molecule has 2 atom stereocenters. The molecule has 1 aliphatic rings. The Labute approximate surface area is 61.1 Å². The molecule has 1 heterocycles. The monoisotopic (exact) mass is 165 g/mol. The minimum absolute atomic E-state index is 0.289. The van der Waals surface area contributed by atoms with E-state index in [1.54, 1.807) is 0 Å². The number of hydrogen-bond donors (Lipinski definition) is 0. The molecule has 1 rings (SSSR count). The Kier molecular flexibility index (Phi) is 2.53. The lowest BCUT2D eigenvalue weighted by Crippen LogP contribution is -2.19. The lowest BCUT2D eigenvalue weighted by molar-refractivity contribution is 0.0825. The first-order chi connectivity index (χ1) is 4.18. The summed E-state index contributed by atoms with van der Waals surface area (Å²) in [5, 5.41) is 0. The van der Waals surface area contributed by atoms with Gasteiger partial charge in [0.05, 0.1) is 0 Å². The zero-order chi connectivity index (χ0) is 6.85. The number of hydrogen-bond acceptors (Lipinski definition) is 3. The van der Waals surface area contributed by atoms with Crippen LogP contribution in [0, 0.1) is 0 Å². The standard InChI is InChI=1S/C5H10O2PS/c1-4-3-5(2)7-8(9)6-4/h4-5H,3H2,1-2H3/q+1. The van der Waals surface area contributed by atoms with Crippen LogP contribution in [0.2, 0.25) is 0 Å². The van der Waals surface area contributed by atoms with Crippen molar-refractivity contribution in [2.75, 3.05) is 0 Å². The lowest BCUT2D eigenvalue weighted by atomic mass is 10.2. The van der Waals surface area contributed by atoms with Crippen molar-refractivity contribution >= 4 is 19.0 Å². The Balaban J connectivity index is 2.43. The van der Waals surface area contributed by atoms with E-state index in [4.69, 9.17) is 20.9 Å². The van der Waals surface area contributed by atoms with Crippen molar-refractivity contribution in [3.05, 3.63) is 0 Å². The molecule has 1 saturated heterocycles. The molecule has 0 aromatic carbocycles. The van der Waals surface area contributed by atoms with Gasteiger partial charge in [0, 0.05) is 6.42 Å². The van der Waals surface area contributed by atoms with E-state index < -0.39 is 7.15 Å². The van der Waals surface area contributed by atoms with Crippen LogP contribution in [0.15, 0.2) is 0 Å². The van der Waals surface area contributed by atoms with Gasteiger partial charge >= 0.3 is 7.15 Å². The van der Waals surface area contributed by atoms with Crippen molar-refractivity contribution in [1.29, 1.82) is 0 Å². The molecule has 0 saturated carbocycles. The first kappa shape index (κ1) is 7.55. The predicted octanol–water partition coefficient (Wildman–Crippen LogP) is 1.97. The minimum Gasteiger partial charge on any atom is -0.139 e. The van der Waals surface area contributed by atoms with Crippen LogP contribution in [-0.2, 0) is 20.9 Å². The maximum atomic E-state index is 5.21. The molecule has 9 heavy (non-hydrogen) atoms. The Morgan fingerprint density at radius 2 is 1.78 bits per heavy atom. The lowest BCUT2D eigenvalue weighted by Gasteiger charge is -2.14. The third-order valence-electron chi connectivity index (χ3n) is 1.20.